The minimum Gasteiger partial charge on any atom is -0.321 e. The van der Waals surface area contributed by atoms with Gasteiger partial charge in [0.2, 0.25) is 0 Å². The van der Waals surface area contributed by atoms with Crippen LogP contribution < -0.4 is 5.32 Å². The predicted molar refractivity (Wildman–Crippen MR) is 61.1 cm³/mol. The number of amides is 1. The van der Waals surface area contributed by atoms with Crippen LogP contribution >= 0.6 is 0 Å². The van der Waals surface area contributed by atoms with Crippen molar-refractivity contribution < 1.29 is 13.6 Å². The van der Waals surface area contributed by atoms with Gasteiger partial charge in [-0.25, -0.2) is 18.7 Å². The average molecular weight is 249 g/mol. The van der Waals surface area contributed by atoms with Crippen LogP contribution in [0.3, 0.4) is 0 Å². The zero-order valence-corrected chi connectivity index (χ0v) is 9.45. The highest BCUT2D eigenvalue weighted by Gasteiger charge is 2.09. The molecule has 0 spiro atoms. The maximum absolute atomic E-state index is 12.9. The molecule has 18 heavy (non-hydrogen) atoms. The number of aryl methyl sites for hydroxylation is 1. The van der Waals surface area contributed by atoms with Gasteiger partial charge in [-0.3, -0.25) is 4.79 Å². The van der Waals surface area contributed by atoms with Gasteiger partial charge in [-0.2, -0.15) is 0 Å². The number of anilines is 1. The summed E-state index contributed by atoms with van der Waals surface area (Å²) in [6.07, 6.45) is 1.26. The van der Waals surface area contributed by atoms with Gasteiger partial charge in [-0.1, -0.05) is 0 Å². The first-order chi connectivity index (χ1) is 8.56. The number of hydrogen-bond donors (Lipinski definition) is 1. The van der Waals surface area contributed by atoms with E-state index >= 15 is 0 Å². The third-order valence-corrected chi connectivity index (χ3v) is 2.21. The molecule has 1 heterocycles. The molecular weight excluding hydrogens is 240 g/mol. The molecule has 0 saturated carbocycles. The fraction of sp³-hybridized carbons (Fsp3) is 0.0833. The summed E-state index contributed by atoms with van der Waals surface area (Å²) in [5, 5.41) is 2.42. The van der Waals surface area contributed by atoms with Gasteiger partial charge in [0.1, 0.15) is 12.0 Å². The number of benzene rings is 1. The van der Waals surface area contributed by atoms with Crippen LogP contribution in [0.1, 0.15) is 16.2 Å². The van der Waals surface area contributed by atoms with Crippen molar-refractivity contribution >= 4 is 11.6 Å². The molecule has 92 valence electrons. The summed E-state index contributed by atoms with van der Waals surface area (Å²) in [5.41, 5.74) is 0.961. The predicted octanol–water partition coefficient (Wildman–Crippen LogP) is 2.32. The number of rotatable bonds is 2. The number of nitrogens with zero attached hydrogens (tertiary/aromatic N) is 2. The number of carbonyl (C=O) groups excluding carboxylic acids is 1. The third kappa shape index (κ3) is 2.65. The van der Waals surface area contributed by atoms with Gasteiger partial charge in [-0.05, 0) is 25.1 Å². The van der Waals surface area contributed by atoms with Crippen molar-refractivity contribution in [1.82, 2.24) is 9.97 Å². The monoisotopic (exact) mass is 249 g/mol. The number of aromatic nitrogens is 2. The molecule has 0 atom stereocenters. The zero-order chi connectivity index (χ0) is 13.1. The minimum absolute atomic E-state index is 0.159. The Labute approximate surface area is 102 Å². The minimum atomic E-state index is -1.02. The van der Waals surface area contributed by atoms with E-state index in [-0.39, 0.29) is 11.4 Å². The molecule has 1 N–H and O–H groups in total. The Balaban J connectivity index is 2.18. The van der Waals surface area contributed by atoms with Gasteiger partial charge < -0.3 is 5.32 Å². The Hall–Kier alpha value is -2.37. The molecule has 1 aromatic heterocycles. The van der Waals surface area contributed by atoms with Gasteiger partial charge in [0, 0.05) is 17.4 Å². The van der Waals surface area contributed by atoms with E-state index < -0.39 is 17.5 Å². The van der Waals surface area contributed by atoms with Gasteiger partial charge in [0.25, 0.3) is 5.91 Å². The maximum Gasteiger partial charge on any atom is 0.274 e. The first-order valence-corrected chi connectivity index (χ1v) is 5.11. The van der Waals surface area contributed by atoms with Crippen molar-refractivity contribution in [3.05, 3.63) is 53.6 Å². The number of carbonyl (C=O) groups is 1. The van der Waals surface area contributed by atoms with Crippen LogP contribution in [-0.4, -0.2) is 15.9 Å². The molecule has 0 saturated heterocycles. The topological polar surface area (TPSA) is 54.9 Å². The van der Waals surface area contributed by atoms with E-state index in [1.54, 1.807) is 6.92 Å². The van der Waals surface area contributed by atoms with Crippen molar-refractivity contribution in [3.63, 3.8) is 0 Å². The number of nitrogens with one attached hydrogen (secondary N) is 1. The summed E-state index contributed by atoms with van der Waals surface area (Å²) in [4.78, 5) is 19.4. The first kappa shape index (κ1) is 12.1. The Bertz CT molecular complexity index is 602. The highest BCUT2D eigenvalue weighted by atomic mass is 19.2. The molecule has 0 bridgehead atoms. The first-order valence-electron chi connectivity index (χ1n) is 5.11. The lowest BCUT2D eigenvalue weighted by atomic mass is 10.2. The fourth-order valence-corrected chi connectivity index (χ4v) is 1.35. The quantitative estimate of drug-likeness (QED) is 0.888. The normalized spacial score (nSPS) is 10.2. The molecule has 6 heteroatoms. The molecule has 1 amide bonds. The second-order valence-corrected chi connectivity index (χ2v) is 3.63. The SMILES string of the molecule is Cc1cc(C(=O)Nc2ccc(F)c(F)c2)ncn1. The second-order valence-electron chi connectivity index (χ2n) is 3.63. The van der Waals surface area contributed by atoms with Crippen molar-refractivity contribution in [2.45, 2.75) is 6.92 Å². The molecule has 0 unspecified atom stereocenters. The fourth-order valence-electron chi connectivity index (χ4n) is 1.35. The molecule has 2 rings (SSSR count). The van der Waals surface area contributed by atoms with Gasteiger partial charge in [0.05, 0.1) is 0 Å². The van der Waals surface area contributed by atoms with Crippen LogP contribution in [0.25, 0.3) is 0 Å². The highest BCUT2D eigenvalue weighted by Crippen LogP contribution is 2.13. The Morgan fingerprint density at radius 2 is 1.94 bits per heavy atom. The van der Waals surface area contributed by atoms with E-state index in [4.69, 9.17) is 0 Å². The molecule has 0 aliphatic carbocycles. The molecule has 4 nitrogen and oxygen atoms in total. The van der Waals surface area contributed by atoms with Gasteiger partial charge in [0.15, 0.2) is 11.6 Å². The molecule has 0 fully saturated rings. The Morgan fingerprint density at radius 1 is 1.17 bits per heavy atom. The summed E-state index contributed by atoms with van der Waals surface area (Å²) in [5.74, 6) is -2.50. The second kappa shape index (κ2) is 4.87. The number of halogens is 2. The van der Waals surface area contributed by atoms with Crippen molar-refractivity contribution in [2.75, 3.05) is 5.32 Å². The molecular formula is C12H9F2N3O. The lowest BCUT2D eigenvalue weighted by Gasteiger charge is -2.05. The van der Waals surface area contributed by atoms with E-state index in [0.717, 1.165) is 12.1 Å². The summed E-state index contributed by atoms with van der Waals surface area (Å²) < 4.78 is 25.6. The van der Waals surface area contributed by atoms with Gasteiger partial charge in [-0.15, -0.1) is 0 Å². The van der Waals surface area contributed by atoms with E-state index in [1.165, 1.54) is 18.5 Å². The molecule has 0 radical (unpaired) electrons. The average Bonchev–Trinajstić information content (AvgIpc) is 2.34. The van der Waals surface area contributed by atoms with Crippen molar-refractivity contribution in [3.8, 4) is 0 Å². The van der Waals surface area contributed by atoms with Crippen molar-refractivity contribution in [1.29, 1.82) is 0 Å². The molecule has 0 aliphatic rings. The van der Waals surface area contributed by atoms with E-state index in [0.29, 0.717) is 5.69 Å². The zero-order valence-electron chi connectivity index (χ0n) is 9.45. The summed E-state index contributed by atoms with van der Waals surface area (Å²) in [6, 6.07) is 4.61. The van der Waals surface area contributed by atoms with Crippen molar-refractivity contribution in [2.24, 2.45) is 0 Å². The Morgan fingerprint density at radius 3 is 2.61 bits per heavy atom. The highest BCUT2D eigenvalue weighted by molar-refractivity contribution is 6.02. The van der Waals surface area contributed by atoms with Gasteiger partial charge >= 0.3 is 0 Å². The van der Waals surface area contributed by atoms with Crippen LogP contribution in [0.15, 0.2) is 30.6 Å². The lowest BCUT2D eigenvalue weighted by molar-refractivity contribution is 0.102. The molecule has 0 aliphatic heterocycles. The number of hydrogen-bond acceptors (Lipinski definition) is 3. The molecule has 2 aromatic rings. The lowest BCUT2D eigenvalue weighted by Crippen LogP contribution is -2.14. The Kier molecular flexibility index (Phi) is 3.27. The van der Waals surface area contributed by atoms with E-state index in [2.05, 4.69) is 15.3 Å². The smallest absolute Gasteiger partial charge is 0.274 e. The van der Waals surface area contributed by atoms with Crippen LogP contribution in [-0.2, 0) is 0 Å². The summed E-state index contributed by atoms with van der Waals surface area (Å²) in [6.45, 7) is 1.72. The summed E-state index contributed by atoms with van der Waals surface area (Å²) in [7, 11) is 0. The van der Waals surface area contributed by atoms with E-state index in [1.807, 2.05) is 0 Å². The molecule has 1 aromatic carbocycles. The third-order valence-electron chi connectivity index (χ3n) is 2.21. The maximum atomic E-state index is 12.9. The standard InChI is InChI=1S/C12H9F2N3O/c1-7-4-11(16-6-15-7)12(18)17-8-2-3-9(13)10(14)5-8/h2-6H,1H3,(H,17,18). The summed E-state index contributed by atoms with van der Waals surface area (Å²) >= 11 is 0. The van der Waals surface area contributed by atoms with E-state index in [9.17, 15) is 13.6 Å². The van der Waals surface area contributed by atoms with Crippen LogP contribution in [0, 0.1) is 18.6 Å². The van der Waals surface area contributed by atoms with Crippen LogP contribution in [0.4, 0.5) is 14.5 Å². The largest absolute Gasteiger partial charge is 0.321 e. The van der Waals surface area contributed by atoms with Crippen LogP contribution in [0.5, 0.6) is 0 Å². The van der Waals surface area contributed by atoms with Crippen LogP contribution in [0.2, 0.25) is 0 Å².